The summed E-state index contributed by atoms with van der Waals surface area (Å²) in [6.07, 6.45) is 0. The van der Waals surface area contributed by atoms with Gasteiger partial charge in [-0.15, -0.1) is 0 Å². The van der Waals surface area contributed by atoms with Gasteiger partial charge < -0.3 is 14.2 Å². The SMILES string of the molecule is CCN(C)C(=O)c1cccc(OCc2c(C)noc2C)c1. The Labute approximate surface area is 124 Å². The van der Waals surface area contributed by atoms with Crippen molar-refractivity contribution in [2.45, 2.75) is 27.4 Å². The summed E-state index contributed by atoms with van der Waals surface area (Å²) in [4.78, 5) is 13.8. The molecule has 1 heterocycles. The van der Waals surface area contributed by atoms with E-state index in [0.29, 0.717) is 24.5 Å². The Bertz CT molecular complexity index is 615. The molecule has 0 bridgehead atoms. The molecule has 2 aromatic rings. The molecule has 0 saturated carbocycles. The van der Waals surface area contributed by atoms with Gasteiger partial charge in [0.15, 0.2) is 0 Å². The molecule has 2 rings (SSSR count). The first-order chi connectivity index (χ1) is 10.0. The van der Waals surface area contributed by atoms with Gasteiger partial charge in [-0.3, -0.25) is 4.79 Å². The van der Waals surface area contributed by atoms with E-state index >= 15 is 0 Å². The van der Waals surface area contributed by atoms with Crippen LogP contribution in [-0.4, -0.2) is 29.6 Å². The fourth-order valence-corrected chi connectivity index (χ4v) is 1.95. The third kappa shape index (κ3) is 3.42. The van der Waals surface area contributed by atoms with E-state index in [-0.39, 0.29) is 5.91 Å². The number of aryl methyl sites for hydroxylation is 2. The summed E-state index contributed by atoms with van der Waals surface area (Å²) in [5.74, 6) is 1.40. The Morgan fingerprint density at radius 2 is 2.14 bits per heavy atom. The first-order valence-electron chi connectivity index (χ1n) is 6.93. The van der Waals surface area contributed by atoms with Gasteiger partial charge in [0.05, 0.1) is 11.3 Å². The predicted octanol–water partition coefficient (Wildman–Crippen LogP) is 2.96. The highest BCUT2D eigenvalue weighted by molar-refractivity contribution is 5.94. The number of hydrogen-bond donors (Lipinski definition) is 0. The maximum Gasteiger partial charge on any atom is 0.253 e. The molecule has 0 radical (unpaired) electrons. The maximum atomic E-state index is 12.1. The quantitative estimate of drug-likeness (QED) is 0.848. The van der Waals surface area contributed by atoms with Crippen molar-refractivity contribution in [2.24, 2.45) is 0 Å². The van der Waals surface area contributed by atoms with Gasteiger partial charge in [-0.2, -0.15) is 0 Å². The van der Waals surface area contributed by atoms with Gasteiger partial charge >= 0.3 is 0 Å². The second-order valence-electron chi connectivity index (χ2n) is 4.94. The molecule has 5 nitrogen and oxygen atoms in total. The highest BCUT2D eigenvalue weighted by atomic mass is 16.5. The van der Waals surface area contributed by atoms with E-state index in [2.05, 4.69) is 5.16 Å². The Hall–Kier alpha value is -2.30. The van der Waals surface area contributed by atoms with Gasteiger partial charge in [0.1, 0.15) is 18.1 Å². The van der Waals surface area contributed by atoms with Crippen LogP contribution in [0.15, 0.2) is 28.8 Å². The number of carbonyl (C=O) groups excluding carboxylic acids is 1. The number of benzene rings is 1. The zero-order chi connectivity index (χ0) is 15.4. The van der Waals surface area contributed by atoms with Crippen molar-refractivity contribution in [2.75, 3.05) is 13.6 Å². The Kier molecular flexibility index (Phi) is 4.62. The molecule has 0 saturated heterocycles. The summed E-state index contributed by atoms with van der Waals surface area (Å²) in [6.45, 7) is 6.72. The Morgan fingerprint density at radius 3 is 2.76 bits per heavy atom. The first-order valence-corrected chi connectivity index (χ1v) is 6.93. The van der Waals surface area contributed by atoms with Crippen LogP contribution in [-0.2, 0) is 6.61 Å². The van der Waals surface area contributed by atoms with E-state index < -0.39 is 0 Å². The average Bonchev–Trinajstić information content (AvgIpc) is 2.82. The summed E-state index contributed by atoms with van der Waals surface area (Å²) in [5.41, 5.74) is 2.39. The zero-order valence-electron chi connectivity index (χ0n) is 12.8. The number of carbonyl (C=O) groups is 1. The maximum absolute atomic E-state index is 12.1. The lowest BCUT2D eigenvalue weighted by Gasteiger charge is -2.15. The minimum Gasteiger partial charge on any atom is -0.489 e. The molecular weight excluding hydrogens is 268 g/mol. The molecule has 0 atom stereocenters. The van der Waals surface area contributed by atoms with Gasteiger partial charge in [-0.05, 0) is 39.0 Å². The number of aromatic nitrogens is 1. The molecule has 0 spiro atoms. The fraction of sp³-hybridized carbons (Fsp3) is 0.375. The first kappa shape index (κ1) is 15.1. The van der Waals surface area contributed by atoms with Crippen LogP contribution < -0.4 is 4.74 Å². The Morgan fingerprint density at radius 1 is 1.38 bits per heavy atom. The molecule has 5 heteroatoms. The number of rotatable bonds is 5. The third-order valence-corrected chi connectivity index (χ3v) is 3.47. The summed E-state index contributed by atoms with van der Waals surface area (Å²) in [5, 5.41) is 3.89. The van der Waals surface area contributed by atoms with Gasteiger partial charge in [-0.1, -0.05) is 11.2 Å². The van der Waals surface area contributed by atoms with E-state index in [1.54, 1.807) is 24.1 Å². The molecule has 0 fully saturated rings. The predicted molar refractivity (Wildman–Crippen MR) is 79.4 cm³/mol. The van der Waals surface area contributed by atoms with Gasteiger partial charge in [0.25, 0.3) is 5.91 Å². The molecule has 0 aliphatic carbocycles. The van der Waals surface area contributed by atoms with Crippen molar-refractivity contribution in [3.05, 3.63) is 46.8 Å². The molecule has 0 aliphatic heterocycles. The fourth-order valence-electron chi connectivity index (χ4n) is 1.95. The van der Waals surface area contributed by atoms with E-state index in [1.807, 2.05) is 32.9 Å². The summed E-state index contributed by atoms with van der Waals surface area (Å²) >= 11 is 0. The second kappa shape index (κ2) is 6.43. The molecule has 0 N–H and O–H groups in total. The van der Waals surface area contributed by atoms with Crippen LogP contribution in [0.4, 0.5) is 0 Å². The van der Waals surface area contributed by atoms with Crippen molar-refractivity contribution in [1.82, 2.24) is 10.1 Å². The van der Waals surface area contributed by atoms with E-state index in [9.17, 15) is 4.79 Å². The van der Waals surface area contributed by atoms with E-state index in [4.69, 9.17) is 9.26 Å². The summed E-state index contributed by atoms with van der Waals surface area (Å²) in [7, 11) is 1.78. The minimum atomic E-state index is -0.0136. The van der Waals surface area contributed by atoms with Crippen LogP contribution >= 0.6 is 0 Å². The molecular formula is C16H20N2O3. The summed E-state index contributed by atoms with van der Waals surface area (Å²) < 4.78 is 10.8. The largest absolute Gasteiger partial charge is 0.489 e. The van der Waals surface area contributed by atoms with Crippen LogP contribution in [0.3, 0.4) is 0 Å². The smallest absolute Gasteiger partial charge is 0.253 e. The highest BCUT2D eigenvalue weighted by Crippen LogP contribution is 2.19. The zero-order valence-corrected chi connectivity index (χ0v) is 12.8. The standard InChI is InChI=1S/C16H20N2O3/c1-5-18(4)16(19)13-7-6-8-14(9-13)20-10-15-11(2)17-21-12(15)3/h6-9H,5,10H2,1-4H3. The van der Waals surface area contributed by atoms with Crippen molar-refractivity contribution in [3.8, 4) is 5.75 Å². The minimum absolute atomic E-state index is 0.0136. The molecule has 1 amide bonds. The van der Waals surface area contributed by atoms with Gasteiger partial charge in [-0.25, -0.2) is 0 Å². The van der Waals surface area contributed by atoms with Crippen LogP contribution in [0, 0.1) is 13.8 Å². The monoisotopic (exact) mass is 288 g/mol. The second-order valence-corrected chi connectivity index (χ2v) is 4.94. The topological polar surface area (TPSA) is 55.6 Å². The normalized spacial score (nSPS) is 10.5. The number of hydrogen-bond acceptors (Lipinski definition) is 4. The molecule has 112 valence electrons. The van der Waals surface area contributed by atoms with Gasteiger partial charge in [0.2, 0.25) is 0 Å². The molecule has 21 heavy (non-hydrogen) atoms. The lowest BCUT2D eigenvalue weighted by atomic mass is 10.2. The molecule has 0 aliphatic rings. The number of ether oxygens (including phenoxy) is 1. The average molecular weight is 288 g/mol. The van der Waals surface area contributed by atoms with Crippen LogP contribution in [0.1, 0.15) is 34.3 Å². The van der Waals surface area contributed by atoms with Crippen LogP contribution in [0.2, 0.25) is 0 Å². The van der Waals surface area contributed by atoms with Crippen molar-refractivity contribution in [3.63, 3.8) is 0 Å². The lowest BCUT2D eigenvalue weighted by molar-refractivity contribution is 0.0802. The van der Waals surface area contributed by atoms with Gasteiger partial charge in [0, 0.05) is 19.2 Å². The lowest BCUT2D eigenvalue weighted by Crippen LogP contribution is -2.26. The highest BCUT2D eigenvalue weighted by Gasteiger charge is 2.12. The molecule has 1 aromatic heterocycles. The van der Waals surface area contributed by atoms with Crippen LogP contribution in [0.25, 0.3) is 0 Å². The van der Waals surface area contributed by atoms with Crippen LogP contribution in [0.5, 0.6) is 5.75 Å². The van der Waals surface area contributed by atoms with Crippen molar-refractivity contribution >= 4 is 5.91 Å². The van der Waals surface area contributed by atoms with Crippen molar-refractivity contribution in [1.29, 1.82) is 0 Å². The Balaban J connectivity index is 2.10. The summed E-state index contributed by atoms with van der Waals surface area (Å²) in [6, 6.07) is 7.20. The molecule has 1 aromatic carbocycles. The molecule has 0 unspecified atom stereocenters. The third-order valence-electron chi connectivity index (χ3n) is 3.47. The number of amides is 1. The number of nitrogens with zero attached hydrogens (tertiary/aromatic N) is 2. The van der Waals surface area contributed by atoms with E-state index in [1.165, 1.54) is 0 Å². The van der Waals surface area contributed by atoms with Crippen molar-refractivity contribution < 1.29 is 14.1 Å². The van der Waals surface area contributed by atoms with E-state index in [0.717, 1.165) is 17.0 Å².